The highest BCUT2D eigenvalue weighted by Crippen LogP contribution is 2.12. The maximum atomic E-state index is 11.6. The number of fused-ring (bicyclic) bond motifs is 1. The van der Waals surface area contributed by atoms with E-state index in [1.807, 2.05) is 0 Å². The summed E-state index contributed by atoms with van der Waals surface area (Å²) in [5, 5.41) is 4.42. The quantitative estimate of drug-likeness (QED) is 0.473. The van der Waals surface area contributed by atoms with E-state index in [1.54, 1.807) is 25.4 Å². The summed E-state index contributed by atoms with van der Waals surface area (Å²) in [4.78, 5) is 15.6. The van der Waals surface area contributed by atoms with Crippen LogP contribution in [-0.4, -0.2) is 14.8 Å². The predicted molar refractivity (Wildman–Crippen MR) is 52.6 cm³/mol. The summed E-state index contributed by atoms with van der Waals surface area (Å²) < 4.78 is 1.22. The molecule has 0 spiro atoms. The lowest BCUT2D eigenvalue weighted by Gasteiger charge is -2.05. The maximum absolute atomic E-state index is 11.6. The van der Waals surface area contributed by atoms with E-state index in [-0.39, 0.29) is 5.56 Å². The number of anilines is 1. The van der Waals surface area contributed by atoms with E-state index in [4.69, 9.17) is 5.84 Å². The summed E-state index contributed by atoms with van der Waals surface area (Å²) >= 11 is 0. The van der Waals surface area contributed by atoms with Crippen molar-refractivity contribution in [1.29, 1.82) is 0 Å². The first-order valence-electron chi connectivity index (χ1n) is 4.02. The van der Waals surface area contributed by atoms with Crippen LogP contribution in [-0.2, 0) is 7.05 Å². The van der Waals surface area contributed by atoms with Crippen LogP contribution in [0.15, 0.2) is 23.1 Å². The third kappa shape index (κ3) is 1.12. The van der Waals surface area contributed by atoms with Gasteiger partial charge in [0.15, 0.2) is 5.82 Å². The van der Waals surface area contributed by atoms with Gasteiger partial charge in [-0.05, 0) is 12.1 Å². The monoisotopic (exact) mass is 191 g/mol. The average Bonchev–Trinajstić information content (AvgIpc) is 2.23. The first kappa shape index (κ1) is 8.64. The Kier molecular flexibility index (Phi) is 1.90. The van der Waals surface area contributed by atoms with E-state index in [0.717, 1.165) is 0 Å². The van der Waals surface area contributed by atoms with Crippen molar-refractivity contribution < 1.29 is 0 Å². The summed E-state index contributed by atoms with van der Waals surface area (Å²) in [7, 11) is 1.57. The fourth-order valence-electron chi connectivity index (χ4n) is 1.28. The highest BCUT2D eigenvalue weighted by molar-refractivity contribution is 5.86. The Morgan fingerprint density at radius 3 is 3.07 bits per heavy atom. The molecule has 0 aliphatic heterocycles. The number of nitrogens with two attached hydrogens (primary N) is 1. The molecule has 2 aromatic rings. The Bertz CT molecular complexity index is 533. The molecule has 0 fully saturated rings. The van der Waals surface area contributed by atoms with Crippen LogP contribution in [0.3, 0.4) is 0 Å². The summed E-state index contributed by atoms with van der Waals surface area (Å²) in [6.45, 7) is 0. The zero-order chi connectivity index (χ0) is 10.1. The lowest BCUT2D eigenvalue weighted by molar-refractivity contribution is 0.720. The van der Waals surface area contributed by atoms with Crippen LogP contribution in [0.4, 0.5) is 5.82 Å². The zero-order valence-corrected chi connectivity index (χ0v) is 7.56. The van der Waals surface area contributed by atoms with Crippen molar-refractivity contribution in [3.8, 4) is 0 Å². The van der Waals surface area contributed by atoms with Crippen molar-refractivity contribution in [2.24, 2.45) is 12.9 Å². The van der Waals surface area contributed by atoms with Crippen LogP contribution in [0.25, 0.3) is 10.9 Å². The van der Waals surface area contributed by atoms with Crippen LogP contribution in [0.2, 0.25) is 0 Å². The Balaban J connectivity index is 2.97. The lowest BCUT2D eigenvalue weighted by atomic mass is 10.3. The lowest BCUT2D eigenvalue weighted by Crippen LogP contribution is -2.23. The van der Waals surface area contributed by atoms with E-state index in [9.17, 15) is 4.79 Å². The van der Waals surface area contributed by atoms with Gasteiger partial charge >= 0.3 is 0 Å². The van der Waals surface area contributed by atoms with Crippen molar-refractivity contribution in [2.45, 2.75) is 0 Å². The number of rotatable bonds is 1. The second-order valence-electron chi connectivity index (χ2n) is 2.82. The summed E-state index contributed by atoms with van der Waals surface area (Å²) in [5.41, 5.74) is 2.70. The Morgan fingerprint density at radius 2 is 2.36 bits per heavy atom. The first-order valence-corrected chi connectivity index (χ1v) is 4.02. The number of nitrogen functional groups attached to an aromatic ring is 1. The SMILES string of the molecule is Cn1nc(NN)c2ncccc2c1=O. The second kappa shape index (κ2) is 3.08. The first-order chi connectivity index (χ1) is 6.74. The largest absolute Gasteiger partial charge is 0.305 e. The van der Waals surface area contributed by atoms with Gasteiger partial charge in [-0.3, -0.25) is 9.78 Å². The van der Waals surface area contributed by atoms with Crippen molar-refractivity contribution in [3.63, 3.8) is 0 Å². The van der Waals surface area contributed by atoms with Gasteiger partial charge in [0.05, 0.1) is 5.39 Å². The molecule has 6 nitrogen and oxygen atoms in total. The Hall–Kier alpha value is -1.95. The zero-order valence-electron chi connectivity index (χ0n) is 7.56. The molecule has 0 unspecified atom stereocenters. The molecule has 14 heavy (non-hydrogen) atoms. The van der Waals surface area contributed by atoms with Crippen LogP contribution in [0.1, 0.15) is 0 Å². The van der Waals surface area contributed by atoms with E-state index in [2.05, 4.69) is 15.5 Å². The number of hydrogen-bond acceptors (Lipinski definition) is 5. The van der Waals surface area contributed by atoms with Crippen LogP contribution >= 0.6 is 0 Å². The third-order valence-electron chi connectivity index (χ3n) is 1.94. The molecule has 0 bridgehead atoms. The fourth-order valence-corrected chi connectivity index (χ4v) is 1.28. The number of aromatic nitrogens is 3. The molecule has 0 atom stereocenters. The minimum atomic E-state index is -0.188. The van der Waals surface area contributed by atoms with Gasteiger partial charge in [0.1, 0.15) is 5.52 Å². The molecule has 0 saturated heterocycles. The van der Waals surface area contributed by atoms with Gasteiger partial charge < -0.3 is 5.43 Å². The van der Waals surface area contributed by atoms with Crippen LogP contribution in [0.5, 0.6) is 0 Å². The van der Waals surface area contributed by atoms with E-state index in [1.165, 1.54) is 4.68 Å². The molecule has 0 aliphatic rings. The standard InChI is InChI=1S/C8H9N5O/c1-13-8(14)5-3-2-4-10-6(5)7(11-9)12-13/h2-4H,9H2,1H3,(H,11,12). The molecule has 0 radical (unpaired) electrons. The number of hydrogen-bond donors (Lipinski definition) is 2. The van der Waals surface area contributed by atoms with Gasteiger partial charge in [-0.1, -0.05) is 0 Å². The molecule has 2 rings (SSSR count). The molecule has 2 heterocycles. The fraction of sp³-hybridized carbons (Fsp3) is 0.125. The van der Waals surface area contributed by atoms with Gasteiger partial charge in [0.25, 0.3) is 5.56 Å². The number of pyridine rings is 1. The molecule has 0 amide bonds. The number of nitrogens with one attached hydrogen (secondary N) is 1. The van der Waals surface area contributed by atoms with Crippen LogP contribution < -0.4 is 16.8 Å². The Morgan fingerprint density at radius 1 is 1.57 bits per heavy atom. The number of hydrazine groups is 1. The molecular weight excluding hydrogens is 182 g/mol. The molecule has 0 saturated carbocycles. The van der Waals surface area contributed by atoms with Gasteiger partial charge in [0, 0.05) is 13.2 Å². The highest BCUT2D eigenvalue weighted by Gasteiger charge is 2.07. The second-order valence-corrected chi connectivity index (χ2v) is 2.82. The van der Waals surface area contributed by atoms with E-state index >= 15 is 0 Å². The highest BCUT2D eigenvalue weighted by atomic mass is 16.1. The van der Waals surface area contributed by atoms with Crippen molar-refractivity contribution >= 4 is 16.7 Å². The molecule has 3 N–H and O–H groups in total. The topological polar surface area (TPSA) is 85.8 Å². The van der Waals surface area contributed by atoms with Crippen molar-refractivity contribution in [3.05, 3.63) is 28.7 Å². The molecule has 6 heteroatoms. The van der Waals surface area contributed by atoms with Gasteiger partial charge in [-0.25, -0.2) is 10.5 Å². The van der Waals surface area contributed by atoms with Crippen molar-refractivity contribution in [2.75, 3.05) is 5.43 Å². The molecule has 0 aromatic carbocycles. The van der Waals surface area contributed by atoms with Gasteiger partial charge in [0.2, 0.25) is 0 Å². The minimum absolute atomic E-state index is 0.188. The molecular formula is C8H9N5O. The summed E-state index contributed by atoms with van der Waals surface area (Å²) in [6.07, 6.45) is 1.59. The van der Waals surface area contributed by atoms with E-state index < -0.39 is 0 Å². The number of aryl methyl sites for hydroxylation is 1. The van der Waals surface area contributed by atoms with Gasteiger partial charge in [-0.2, -0.15) is 0 Å². The minimum Gasteiger partial charge on any atom is -0.305 e. The summed E-state index contributed by atoms with van der Waals surface area (Å²) in [6, 6.07) is 3.39. The molecule has 2 aromatic heterocycles. The summed E-state index contributed by atoms with van der Waals surface area (Å²) in [5.74, 6) is 5.66. The smallest absolute Gasteiger partial charge is 0.276 e. The van der Waals surface area contributed by atoms with E-state index in [0.29, 0.717) is 16.7 Å². The number of nitrogens with zero attached hydrogens (tertiary/aromatic N) is 3. The normalized spacial score (nSPS) is 10.4. The Labute approximate surface area is 79.3 Å². The maximum Gasteiger partial charge on any atom is 0.276 e. The van der Waals surface area contributed by atoms with Gasteiger partial charge in [-0.15, -0.1) is 5.10 Å². The molecule has 72 valence electrons. The van der Waals surface area contributed by atoms with Crippen LogP contribution in [0, 0.1) is 0 Å². The molecule has 0 aliphatic carbocycles. The third-order valence-corrected chi connectivity index (χ3v) is 1.94. The average molecular weight is 191 g/mol. The predicted octanol–water partition coefficient (Wildman–Crippen LogP) is -0.386. The van der Waals surface area contributed by atoms with Crippen molar-refractivity contribution in [1.82, 2.24) is 14.8 Å².